The van der Waals surface area contributed by atoms with Crippen LogP contribution < -0.4 is 10.6 Å². The molecule has 1 saturated heterocycles. The standard InChI is InChI=1S/C22H31N5OS/c1-13-10-21(26(3)25-13)24-22(28)20-12-17(14(2)29-20)18-11-19(18)23-15-6-8-27(9-7-15)16-4-5-16/h10,12,15-16,18-19,23H,4-9,11H2,1-3H3,(H,24,28). The number of hydrogen-bond donors (Lipinski definition) is 2. The Morgan fingerprint density at radius 2 is 1.93 bits per heavy atom. The maximum absolute atomic E-state index is 12.7. The molecular weight excluding hydrogens is 382 g/mol. The summed E-state index contributed by atoms with van der Waals surface area (Å²) >= 11 is 1.61. The van der Waals surface area contributed by atoms with Crippen LogP contribution in [0, 0.1) is 13.8 Å². The zero-order valence-electron chi connectivity index (χ0n) is 17.6. The van der Waals surface area contributed by atoms with Crippen molar-refractivity contribution >= 4 is 23.1 Å². The zero-order valence-corrected chi connectivity index (χ0v) is 18.4. The van der Waals surface area contributed by atoms with Crippen LogP contribution in [-0.2, 0) is 7.05 Å². The van der Waals surface area contributed by atoms with Crippen LogP contribution in [0.5, 0.6) is 0 Å². The summed E-state index contributed by atoms with van der Waals surface area (Å²) in [5.41, 5.74) is 2.26. The molecule has 3 fully saturated rings. The van der Waals surface area contributed by atoms with E-state index in [1.165, 1.54) is 55.6 Å². The number of likely N-dealkylation sites (tertiary alicyclic amines) is 1. The van der Waals surface area contributed by atoms with Gasteiger partial charge in [-0.1, -0.05) is 0 Å². The van der Waals surface area contributed by atoms with Crippen LogP contribution >= 0.6 is 11.3 Å². The third-order valence-corrected chi connectivity index (χ3v) is 7.72. The Kier molecular flexibility index (Phi) is 5.00. The molecule has 0 spiro atoms. The molecule has 0 radical (unpaired) electrons. The first-order valence-electron chi connectivity index (χ1n) is 10.9. The molecular formula is C22H31N5OS. The SMILES string of the molecule is Cc1cc(NC(=O)c2cc(C3CC3NC3CCN(C4CC4)CC3)c(C)s2)n(C)n1. The van der Waals surface area contributed by atoms with Gasteiger partial charge in [0.15, 0.2) is 0 Å². The molecule has 3 aliphatic rings. The first-order valence-corrected chi connectivity index (χ1v) is 11.7. The van der Waals surface area contributed by atoms with Crippen molar-refractivity contribution in [3.8, 4) is 0 Å². The second kappa shape index (κ2) is 7.52. The van der Waals surface area contributed by atoms with Crippen molar-refractivity contribution in [2.75, 3.05) is 18.4 Å². The summed E-state index contributed by atoms with van der Waals surface area (Å²) in [7, 11) is 1.85. The van der Waals surface area contributed by atoms with E-state index in [1.807, 2.05) is 20.0 Å². The fraction of sp³-hybridized carbons (Fsp3) is 0.636. The Balaban J connectivity index is 1.17. The van der Waals surface area contributed by atoms with Crippen LogP contribution in [-0.4, -0.2) is 51.8 Å². The highest BCUT2D eigenvalue weighted by atomic mass is 32.1. The summed E-state index contributed by atoms with van der Waals surface area (Å²) in [5.74, 6) is 1.27. The minimum absolute atomic E-state index is 0.0371. The molecule has 0 aromatic carbocycles. The summed E-state index contributed by atoms with van der Waals surface area (Å²) < 4.78 is 1.71. The third-order valence-electron chi connectivity index (χ3n) is 6.66. The highest BCUT2D eigenvalue weighted by molar-refractivity contribution is 7.14. The van der Waals surface area contributed by atoms with Gasteiger partial charge < -0.3 is 15.5 Å². The average molecular weight is 414 g/mol. The second-order valence-corrected chi connectivity index (χ2v) is 10.3. The molecule has 3 heterocycles. The van der Waals surface area contributed by atoms with Crippen molar-refractivity contribution in [2.24, 2.45) is 7.05 Å². The van der Waals surface area contributed by atoms with Gasteiger partial charge in [0.05, 0.1) is 10.6 Å². The fourth-order valence-electron chi connectivity index (χ4n) is 4.78. The van der Waals surface area contributed by atoms with Gasteiger partial charge in [0.2, 0.25) is 0 Å². The van der Waals surface area contributed by atoms with E-state index in [1.54, 1.807) is 16.0 Å². The van der Waals surface area contributed by atoms with Gasteiger partial charge in [-0.2, -0.15) is 5.10 Å². The van der Waals surface area contributed by atoms with Crippen molar-refractivity contribution in [2.45, 2.75) is 70.0 Å². The number of thiophene rings is 1. The van der Waals surface area contributed by atoms with Crippen LogP contribution in [0.15, 0.2) is 12.1 Å². The van der Waals surface area contributed by atoms with Crippen LogP contribution in [0.1, 0.15) is 63.8 Å². The first-order chi connectivity index (χ1) is 14.0. The number of aromatic nitrogens is 2. The summed E-state index contributed by atoms with van der Waals surface area (Å²) in [6.45, 7) is 6.59. The number of hydrogen-bond acceptors (Lipinski definition) is 5. The molecule has 2 aliphatic carbocycles. The summed E-state index contributed by atoms with van der Waals surface area (Å²) in [4.78, 5) is 17.5. The number of rotatable bonds is 6. The monoisotopic (exact) mass is 413 g/mol. The molecule has 2 aromatic rings. The second-order valence-electron chi connectivity index (χ2n) is 9.03. The van der Waals surface area contributed by atoms with Crippen molar-refractivity contribution in [1.29, 1.82) is 0 Å². The molecule has 0 bridgehead atoms. The molecule has 2 unspecified atom stereocenters. The number of aryl methyl sites for hydroxylation is 3. The molecule has 7 heteroatoms. The average Bonchev–Trinajstić information content (AvgIpc) is 3.60. The quantitative estimate of drug-likeness (QED) is 0.762. The predicted molar refractivity (Wildman–Crippen MR) is 117 cm³/mol. The molecule has 29 heavy (non-hydrogen) atoms. The topological polar surface area (TPSA) is 62.2 Å². The number of anilines is 1. The van der Waals surface area contributed by atoms with Crippen molar-refractivity contribution < 1.29 is 4.79 Å². The molecule has 6 nitrogen and oxygen atoms in total. The van der Waals surface area contributed by atoms with Gasteiger partial charge >= 0.3 is 0 Å². The Hall–Kier alpha value is -1.70. The number of nitrogens with zero attached hydrogens (tertiary/aromatic N) is 3. The van der Waals surface area contributed by atoms with Crippen LogP contribution in [0.2, 0.25) is 0 Å². The highest BCUT2D eigenvalue weighted by Crippen LogP contribution is 2.45. The number of carbonyl (C=O) groups is 1. The smallest absolute Gasteiger partial charge is 0.266 e. The van der Waals surface area contributed by atoms with E-state index in [0.717, 1.165) is 22.4 Å². The van der Waals surface area contributed by atoms with Crippen molar-refractivity contribution in [3.05, 3.63) is 33.1 Å². The largest absolute Gasteiger partial charge is 0.311 e. The van der Waals surface area contributed by atoms with E-state index in [9.17, 15) is 4.79 Å². The number of carbonyl (C=O) groups excluding carboxylic acids is 1. The molecule has 1 amide bonds. The Labute approximate surface area is 176 Å². The van der Waals surface area contributed by atoms with Crippen LogP contribution in [0.4, 0.5) is 5.82 Å². The van der Waals surface area contributed by atoms with Gasteiger partial charge in [0.1, 0.15) is 5.82 Å². The summed E-state index contributed by atoms with van der Waals surface area (Å²) in [6.07, 6.45) is 6.58. The first kappa shape index (κ1) is 19.3. The van der Waals surface area contributed by atoms with E-state index >= 15 is 0 Å². The van der Waals surface area contributed by atoms with Gasteiger partial charge in [-0.25, -0.2) is 0 Å². The molecule has 2 atom stereocenters. The lowest BCUT2D eigenvalue weighted by Crippen LogP contribution is -2.44. The van der Waals surface area contributed by atoms with Gasteiger partial charge in [0.25, 0.3) is 5.91 Å². The van der Waals surface area contributed by atoms with Crippen LogP contribution in [0.3, 0.4) is 0 Å². The Bertz CT molecular complexity index is 906. The fourth-order valence-corrected chi connectivity index (χ4v) is 5.77. The summed E-state index contributed by atoms with van der Waals surface area (Å²) in [5, 5.41) is 11.2. The van der Waals surface area contributed by atoms with E-state index in [2.05, 4.69) is 33.6 Å². The van der Waals surface area contributed by atoms with E-state index in [0.29, 0.717) is 18.0 Å². The Morgan fingerprint density at radius 3 is 2.59 bits per heavy atom. The number of piperidine rings is 1. The zero-order chi connectivity index (χ0) is 20.1. The van der Waals surface area contributed by atoms with Gasteiger partial charge in [-0.05, 0) is 70.7 Å². The van der Waals surface area contributed by atoms with Crippen molar-refractivity contribution in [1.82, 2.24) is 20.0 Å². The van der Waals surface area contributed by atoms with Gasteiger partial charge in [-0.3, -0.25) is 9.48 Å². The van der Waals surface area contributed by atoms with E-state index in [-0.39, 0.29) is 5.91 Å². The maximum Gasteiger partial charge on any atom is 0.266 e. The van der Waals surface area contributed by atoms with E-state index < -0.39 is 0 Å². The van der Waals surface area contributed by atoms with Gasteiger partial charge in [-0.15, -0.1) is 11.3 Å². The molecule has 5 rings (SSSR count). The minimum atomic E-state index is -0.0371. The van der Waals surface area contributed by atoms with E-state index in [4.69, 9.17) is 0 Å². The summed E-state index contributed by atoms with van der Waals surface area (Å²) in [6, 6.07) is 6.15. The normalized spacial score (nSPS) is 25.3. The maximum atomic E-state index is 12.7. The van der Waals surface area contributed by atoms with Gasteiger partial charge in [0, 0.05) is 42.0 Å². The molecule has 2 saturated carbocycles. The molecule has 2 aromatic heterocycles. The third kappa shape index (κ3) is 4.13. The number of nitrogens with one attached hydrogen (secondary N) is 2. The molecule has 156 valence electrons. The minimum Gasteiger partial charge on any atom is -0.311 e. The molecule has 2 N–H and O–H groups in total. The molecule has 1 aliphatic heterocycles. The lowest BCUT2D eigenvalue weighted by molar-refractivity contribution is 0.102. The van der Waals surface area contributed by atoms with Crippen LogP contribution in [0.25, 0.3) is 0 Å². The number of amides is 1. The lowest BCUT2D eigenvalue weighted by Gasteiger charge is -2.32. The highest BCUT2D eigenvalue weighted by Gasteiger charge is 2.42. The van der Waals surface area contributed by atoms with Crippen molar-refractivity contribution in [3.63, 3.8) is 0 Å². The predicted octanol–water partition coefficient (Wildman–Crippen LogP) is 3.42. The lowest BCUT2D eigenvalue weighted by atomic mass is 10.0. The Morgan fingerprint density at radius 1 is 1.17 bits per heavy atom.